The fourth-order valence-corrected chi connectivity index (χ4v) is 2.83. The maximum Gasteiger partial charge on any atom is 0.123 e. The smallest absolute Gasteiger partial charge is 0.123 e. The Morgan fingerprint density at radius 3 is 2.29 bits per heavy atom. The number of alkyl halides is 1. The molecule has 1 unspecified atom stereocenters. The van der Waals surface area contributed by atoms with Crippen LogP contribution in [0.3, 0.4) is 0 Å². The van der Waals surface area contributed by atoms with Gasteiger partial charge in [-0.25, -0.2) is 4.39 Å². The largest absolute Gasteiger partial charge is 0.207 e. The summed E-state index contributed by atoms with van der Waals surface area (Å²) in [6, 6.07) is 12.0. The van der Waals surface area contributed by atoms with E-state index >= 15 is 0 Å². The minimum Gasteiger partial charge on any atom is -0.207 e. The molecule has 88 valence electrons. The second-order valence-electron chi connectivity index (χ2n) is 3.58. The fourth-order valence-electron chi connectivity index (χ4n) is 1.52. The number of halogens is 4. The Morgan fingerprint density at radius 1 is 1.00 bits per heavy atom. The molecule has 1 atom stereocenters. The molecule has 2 rings (SSSR count). The van der Waals surface area contributed by atoms with Crippen LogP contribution in [0.25, 0.3) is 0 Å². The number of hydrogen-bond donors (Lipinski definition) is 0. The Bertz CT molecular complexity index is 525. The first-order valence-electron chi connectivity index (χ1n) is 4.92. The average molecular weight is 378 g/mol. The van der Waals surface area contributed by atoms with Crippen LogP contribution in [-0.4, -0.2) is 0 Å². The molecule has 0 radical (unpaired) electrons. The van der Waals surface area contributed by atoms with Crippen molar-refractivity contribution in [2.75, 3.05) is 0 Å². The molecule has 0 saturated carbocycles. The Labute approximate surface area is 121 Å². The lowest BCUT2D eigenvalue weighted by atomic mass is 10.0. The van der Waals surface area contributed by atoms with E-state index in [9.17, 15) is 4.39 Å². The molecule has 0 saturated heterocycles. The topological polar surface area (TPSA) is 0 Å². The molecule has 0 bridgehead atoms. The van der Waals surface area contributed by atoms with E-state index in [0.717, 1.165) is 20.1 Å². The van der Waals surface area contributed by atoms with Gasteiger partial charge in [0.25, 0.3) is 0 Å². The van der Waals surface area contributed by atoms with Crippen molar-refractivity contribution in [2.24, 2.45) is 0 Å². The monoisotopic (exact) mass is 376 g/mol. The summed E-state index contributed by atoms with van der Waals surface area (Å²) in [6.07, 6.45) is 0. The molecule has 0 fully saturated rings. The molecule has 0 heterocycles. The third-order valence-electron chi connectivity index (χ3n) is 2.39. The Morgan fingerprint density at radius 2 is 1.65 bits per heavy atom. The maximum atomic E-state index is 12.8. The zero-order valence-electron chi connectivity index (χ0n) is 8.63. The molecule has 0 aliphatic carbocycles. The molecule has 17 heavy (non-hydrogen) atoms. The molecule has 2 aromatic rings. The molecule has 0 nitrogen and oxygen atoms in total. The highest BCUT2D eigenvalue weighted by Gasteiger charge is 2.14. The van der Waals surface area contributed by atoms with Crippen LogP contribution in [0, 0.1) is 5.82 Å². The number of rotatable bonds is 2. The molecule has 0 aliphatic heterocycles. The Hall–Kier alpha value is -0.380. The first kappa shape index (κ1) is 13.1. The van der Waals surface area contributed by atoms with Gasteiger partial charge in [0.1, 0.15) is 5.82 Å². The van der Waals surface area contributed by atoms with Crippen molar-refractivity contribution in [2.45, 2.75) is 5.38 Å². The predicted molar refractivity (Wildman–Crippen MR) is 75.9 cm³/mol. The summed E-state index contributed by atoms with van der Waals surface area (Å²) in [7, 11) is 0. The van der Waals surface area contributed by atoms with Crippen molar-refractivity contribution < 1.29 is 4.39 Å². The van der Waals surface area contributed by atoms with E-state index in [-0.39, 0.29) is 11.2 Å². The molecule has 0 aromatic heterocycles. The predicted octanol–water partition coefficient (Wildman–Crippen LogP) is 5.68. The van der Waals surface area contributed by atoms with Crippen molar-refractivity contribution >= 4 is 43.5 Å². The van der Waals surface area contributed by atoms with E-state index in [1.165, 1.54) is 12.1 Å². The maximum absolute atomic E-state index is 12.8. The van der Waals surface area contributed by atoms with E-state index in [1.807, 2.05) is 18.2 Å². The molecular formula is C13H8Br2ClF. The van der Waals surface area contributed by atoms with Crippen LogP contribution in [-0.2, 0) is 0 Å². The average Bonchev–Trinajstić information content (AvgIpc) is 2.32. The van der Waals surface area contributed by atoms with Gasteiger partial charge in [-0.1, -0.05) is 44.0 Å². The quantitative estimate of drug-likeness (QED) is 0.590. The molecule has 0 spiro atoms. The third-order valence-corrected chi connectivity index (χ3v) is 4.10. The summed E-state index contributed by atoms with van der Waals surface area (Å²) in [5.41, 5.74) is 1.82. The van der Waals surface area contributed by atoms with Gasteiger partial charge in [-0.2, -0.15) is 0 Å². The van der Waals surface area contributed by atoms with Crippen molar-refractivity contribution in [1.82, 2.24) is 0 Å². The van der Waals surface area contributed by atoms with Gasteiger partial charge in [0.15, 0.2) is 0 Å². The van der Waals surface area contributed by atoms with Crippen molar-refractivity contribution in [3.05, 3.63) is 68.4 Å². The van der Waals surface area contributed by atoms with Crippen LogP contribution >= 0.6 is 43.5 Å². The van der Waals surface area contributed by atoms with Crippen molar-refractivity contribution in [3.8, 4) is 0 Å². The van der Waals surface area contributed by atoms with E-state index in [4.69, 9.17) is 11.6 Å². The van der Waals surface area contributed by atoms with Crippen molar-refractivity contribution in [3.63, 3.8) is 0 Å². The summed E-state index contributed by atoms with van der Waals surface area (Å²) < 4.78 is 14.7. The third kappa shape index (κ3) is 3.09. The van der Waals surface area contributed by atoms with Gasteiger partial charge in [0, 0.05) is 8.95 Å². The highest BCUT2D eigenvalue weighted by atomic mass is 79.9. The lowest BCUT2D eigenvalue weighted by Crippen LogP contribution is -1.95. The normalized spacial score (nSPS) is 12.5. The lowest BCUT2D eigenvalue weighted by Gasteiger charge is -2.12. The van der Waals surface area contributed by atoms with Gasteiger partial charge in [-0.05, 0) is 41.5 Å². The fraction of sp³-hybridized carbons (Fsp3) is 0.0769. The Balaban J connectivity index is 2.39. The van der Waals surface area contributed by atoms with Gasteiger partial charge < -0.3 is 0 Å². The summed E-state index contributed by atoms with van der Waals surface area (Å²) in [4.78, 5) is 0. The number of hydrogen-bond acceptors (Lipinski definition) is 0. The number of benzene rings is 2. The standard InChI is InChI=1S/C13H8Br2ClF/c14-9-3-6-12(15)11(7-9)13(16)8-1-4-10(17)5-2-8/h1-7,13H. The van der Waals surface area contributed by atoms with Crippen LogP contribution in [0.4, 0.5) is 4.39 Å². The molecular weight excluding hydrogens is 370 g/mol. The van der Waals surface area contributed by atoms with E-state index in [0.29, 0.717) is 0 Å². The van der Waals surface area contributed by atoms with Crippen LogP contribution in [0.1, 0.15) is 16.5 Å². The van der Waals surface area contributed by atoms with Crippen LogP contribution in [0.5, 0.6) is 0 Å². The van der Waals surface area contributed by atoms with E-state index < -0.39 is 0 Å². The molecule has 0 N–H and O–H groups in total. The summed E-state index contributed by atoms with van der Waals surface area (Å²) in [5, 5.41) is -0.303. The zero-order valence-corrected chi connectivity index (χ0v) is 12.6. The van der Waals surface area contributed by atoms with Crippen LogP contribution in [0.2, 0.25) is 0 Å². The van der Waals surface area contributed by atoms with E-state index in [1.54, 1.807) is 12.1 Å². The summed E-state index contributed by atoms with van der Waals surface area (Å²) >= 11 is 13.3. The molecule has 0 amide bonds. The lowest BCUT2D eigenvalue weighted by molar-refractivity contribution is 0.627. The first-order valence-corrected chi connectivity index (χ1v) is 6.94. The summed E-state index contributed by atoms with van der Waals surface area (Å²) in [6.45, 7) is 0. The van der Waals surface area contributed by atoms with E-state index in [2.05, 4.69) is 31.9 Å². The minimum atomic E-state index is -0.303. The molecule has 2 aromatic carbocycles. The summed E-state index contributed by atoms with van der Waals surface area (Å²) in [5.74, 6) is -0.258. The van der Waals surface area contributed by atoms with Crippen molar-refractivity contribution in [1.29, 1.82) is 0 Å². The first-order chi connectivity index (χ1) is 8.08. The van der Waals surface area contributed by atoms with Gasteiger partial charge in [0.2, 0.25) is 0 Å². The second kappa shape index (κ2) is 5.51. The van der Waals surface area contributed by atoms with Gasteiger partial charge in [-0.3, -0.25) is 0 Å². The highest BCUT2D eigenvalue weighted by molar-refractivity contribution is 9.11. The van der Waals surface area contributed by atoms with Gasteiger partial charge >= 0.3 is 0 Å². The Kier molecular flexibility index (Phi) is 4.23. The zero-order chi connectivity index (χ0) is 12.4. The second-order valence-corrected chi connectivity index (χ2v) is 5.79. The SMILES string of the molecule is Fc1ccc(C(Cl)c2cc(Br)ccc2Br)cc1. The van der Waals surface area contributed by atoms with Crippen LogP contribution < -0.4 is 0 Å². The van der Waals surface area contributed by atoms with Gasteiger partial charge in [0.05, 0.1) is 5.38 Å². The van der Waals surface area contributed by atoms with Gasteiger partial charge in [-0.15, -0.1) is 11.6 Å². The minimum absolute atomic E-state index is 0.258. The highest BCUT2D eigenvalue weighted by Crippen LogP contribution is 2.35. The van der Waals surface area contributed by atoms with Crippen LogP contribution in [0.15, 0.2) is 51.4 Å². The molecule has 0 aliphatic rings. The molecule has 4 heteroatoms.